The van der Waals surface area contributed by atoms with Crippen LogP contribution < -0.4 is 0 Å². The van der Waals surface area contributed by atoms with Crippen LogP contribution in [0.5, 0.6) is 0 Å². The van der Waals surface area contributed by atoms with Gasteiger partial charge in [0.25, 0.3) is 0 Å². The van der Waals surface area contributed by atoms with Gasteiger partial charge in [0.15, 0.2) is 0 Å². The standard InChI is InChI=1S/C12H23NO/c1-9(14)7-13(2)8-12-6-10-3-4-11(12)5-10/h9-12,14H,3-8H2,1-2H3. The molecule has 4 atom stereocenters. The SMILES string of the molecule is CC(O)CN(C)CC1CC2CCC1C2. The van der Waals surface area contributed by atoms with Crippen molar-refractivity contribution < 1.29 is 5.11 Å². The number of aliphatic hydroxyl groups is 1. The molecule has 14 heavy (non-hydrogen) atoms. The van der Waals surface area contributed by atoms with Crippen molar-refractivity contribution >= 4 is 0 Å². The van der Waals surface area contributed by atoms with Crippen molar-refractivity contribution in [3.05, 3.63) is 0 Å². The maximum absolute atomic E-state index is 9.29. The van der Waals surface area contributed by atoms with E-state index in [4.69, 9.17) is 0 Å². The molecule has 1 N–H and O–H groups in total. The van der Waals surface area contributed by atoms with Crippen LogP contribution >= 0.6 is 0 Å². The number of rotatable bonds is 4. The van der Waals surface area contributed by atoms with Crippen LogP contribution in [0, 0.1) is 17.8 Å². The molecule has 4 unspecified atom stereocenters. The first-order valence-corrected chi connectivity index (χ1v) is 6.01. The number of aliphatic hydroxyl groups excluding tert-OH is 1. The van der Waals surface area contributed by atoms with E-state index in [0.717, 1.165) is 24.3 Å². The zero-order valence-electron chi connectivity index (χ0n) is 9.45. The first kappa shape index (κ1) is 10.4. The lowest BCUT2D eigenvalue weighted by molar-refractivity contribution is 0.122. The molecule has 0 aromatic heterocycles. The average molecular weight is 197 g/mol. The van der Waals surface area contributed by atoms with Gasteiger partial charge in [-0.1, -0.05) is 6.42 Å². The molecule has 0 radical (unpaired) electrons. The Labute approximate surface area is 87.3 Å². The van der Waals surface area contributed by atoms with Gasteiger partial charge in [0, 0.05) is 13.1 Å². The molecule has 2 heteroatoms. The van der Waals surface area contributed by atoms with Crippen molar-refractivity contribution in [3.63, 3.8) is 0 Å². The van der Waals surface area contributed by atoms with E-state index in [1.807, 2.05) is 6.92 Å². The number of fused-ring (bicyclic) bond motifs is 2. The summed E-state index contributed by atoms with van der Waals surface area (Å²) in [5, 5.41) is 9.29. The fourth-order valence-electron chi connectivity index (χ4n) is 3.53. The van der Waals surface area contributed by atoms with Crippen LogP contribution in [-0.2, 0) is 0 Å². The Hall–Kier alpha value is -0.0800. The van der Waals surface area contributed by atoms with Gasteiger partial charge in [-0.3, -0.25) is 0 Å². The predicted octanol–water partition coefficient (Wildman–Crippen LogP) is 1.74. The molecule has 2 saturated carbocycles. The summed E-state index contributed by atoms with van der Waals surface area (Å²) in [5.74, 6) is 2.99. The van der Waals surface area contributed by atoms with E-state index in [9.17, 15) is 5.11 Å². The molecule has 2 bridgehead atoms. The molecule has 2 aliphatic carbocycles. The molecule has 2 fully saturated rings. The minimum Gasteiger partial charge on any atom is -0.392 e. The fourth-order valence-corrected chi connectivity index (χ4v) is 3.53. The monoisotopic (exact) mass is 197 g/mol. The molecule has 0 aromatic carbocycles. The second-order valence-corrected chi connectivity index (χ2v) is 5.51. The summed E-state index contributed by atoms with van der Waals surface area (Å²) in [4.78, 5) is 2.30. The number of likely N-dealkylation sites (N-methyl/N-ethyl adjacent to an activating group) is 1. The largest absolute Gasteiger partial charge is 0.392 e. The van der Waals surface area contributed by atoms with Gasteiger partial charge in [0.1, 0.15) is 0 Å². The van der Waals surface area contributed by atoms with Crippen molar-refractivity contribution in [1.29, 1.82) is 0 Å². The Morgan fingerprint density at radius 2 is 2.14 bits per heavy atom. The van der Waals surface area contributed by atoms with Crippen molar-refractivity contribution in [2.45, 2.75) is 38.7 Å². The highest BCUT2D eigenvalue weighted by Gasteiger charge is 2.39. The van der Waals surface area contributed by atoms with E-state index >= 15 is 0 Å². The summed E-state index contributed by atoms with van der Waals surface area (Å²) in [5.41, 5.74) is 0. The van der Waals surface area contributed by atoms with Gasteiger partial charge in [-0.2, -0.15) is 0 Å². The van der Waals surface area contributed by atoms with Crippen LogP contribution in [0.25, 0.3) is 0 Å². The maximum Gasteiger partial charge on any atom is 0.0638 e. The van der Waals surface area contributed by atoms with E-state index < -0.39 is 0 Å². The van der Waals surface area contributed by atoms with Gasteiger partial charge >= 0.3 is 0 Å². The van der Waals surface area contributed by atoms with E-state index in [1.165, 1.54) is 32.2 Å². The molecule has 0 aromatic rings. The Morgan fingerprint density at radius 1 is 1.36 bits per heavy atom. The molecule has 0 aliphatic heterocycles. The maximum atomic E-state index is 9.29. The lowest BCUT2D eigenvalue weighted by Crippen LogP contribution is -2.33. The molecule has 2 rings (SSSR count). The summed E-state index contributed by atoms with van der Waals surface area (Å²) in [6.07, 6.45) is 5.72. The van der Waals surface area contributed by atoms with E-state index in [0.29, 0.717) is 0 Å². The molecule has 0 heterocycles. The van der Waals surface area contributed by atoms with Gasteiger partial charge in [0.2, 0.25) is 0 Å². The predicted molar refractivity (Wildman–Crippen MR) is 58.1 cm³/mol. The Morgan fingerprint density at radius 3 is 2.64 bits per heavy atom. The fraction of sp³-hybridized carbons (Fsp3) is 1.00. The highest BCUT2D eigenvalue weighted by atomic mass is 16.3. The minimum absolute atomic E-state index is 0.182. The molecule has 2 aliphatic rings. The van der Waals surface area contributed by atoms with E-state index in [2.05, 4.69) is 11.9 Å². The van der Waals surface area contributed by atoms with E-state index in [1.54, 1.807) is 0 Å². The second-order valence-electron chi connectivity index (χ2n) is 5.51. The number of nitrogens with zero attached hydrogens (tertiary/aromatic N) is 1. The number of hydrogen-bond donors (Lipinski definition) is 1. The van der Waals surface area contributed by atoms with Gasteiger partial charge in [-0.15, -0.1) is 0 Å². The quantitative estimate of drug-likeness (QED) is 0.742. The van der Waals surface area contributed by atoms with Crippen LogP contribution in [0.15, 0.2) is 0 Å². The summed E-state index contributed by atoms with van der Waals surface area (Å²) in [6.45, 7) is 3.90. The van der Waals surface area contributed by atoms with Crippen LogP contribution in [0.4, 0.5) is 0 Å². The first-order valence-electron chi connectivity index (χ1n) is 6.01. The summed E-state index contributed by atoms with van der Waals surface area (Å²) < 4.78 is 0. The van der Waals surface area contributed by atoms with Gasteiger partial charge in [-0.25, -0.2) is 0 Å². The zero-order valence-corrected chi connectivity index (χ0v) is 9.45. The van der Waals surface area contributed by atoms with Gasteiger partial charge < -0.3 is 10.0 Å². The van der Waals surface area contributed by atoms with Crippen molar-refractivity contribution in [3.8, 4) is 0 Å². The number of hydrogen-bond acceptors (Lipinski definition) is 2. The molecular weight excluding hydrogens is 174 g/mol. The Bertz CT molecular complexity index is 193. The van der Waals surface area contributed by atoms with Crippen LogP contribution in [0.2, 0.25) is 0 Å². The third-order valence-corrected chi connectivity index (χ3v) is 4.01. The van der Waals surface area contributed by atoms with Gasteiger partial charge in [0.05, 0.1) is 6.10 Å². The molecule has 0 saturated heterocycles. The smallest absolute Gasteiger partial charge is 0.0638 e. The Balaban J connectivity index is 1.75. The molecule has 2 nitrogen and oxygen atoms in total. The van der Waals surface area contributed by atoms with Crippen LogP contribution in [0.1, 0.15) is 32.6 Å². The van der Waals surface area contributed by atoms with Crippen LogP contribution in [0.3, 0.4) is 0 Å². The summed E-state index contributed by atoms with van der Waals surface area (Å²) in [7, 11) is 2.14. The summed E-state index contributed by atoms with van der Waals surface area (Å²) >= 11 is 0. The highest BCUT2D eigenvalue weighted by Crippen LogP contribution is 2.48. The van der Waals surface area contributed by atoms with Gasteiger partial charge in [-0.05, 0) is 51.0 Å². The highest BCUT2D eigenvalue weighted by molar-refractivity contribution is 4.90. The minimum atomic E-state index is -0.182. The topological polar surface area (TPSA) is 23.5 Å². The van der Waals surface area contributed by atoms with Crippen molar-refractivity contribution in [1.82, 2.24) is 4.90 Å². The average Bonchev–Trinajstić information content (AvgIpc) is 2.62. The lowest BCUT2D eigenvalue weighted by atomic mass is 9.88. The molecule has 0 spiro atoms. The second kappa shape index (κ2) is 4.19. The first-order chi connectivity index (χ1) is 6.65. The van der Waals surface area contributed by atoms with Crippen molar-refractivity contribution in [2.24, 2.45) is 17.8 Å². The molecule has 0 amide bonds. The normalized spacial score (nSPS) is 38.1. The third-order valence-electron chi connectivity index (χ3n) is 4.01. The lowest BCUT2D eigenvalue weighted by Gasteiger charge is -2.27. The van der Waals surface area contributed by atoms with Crippen LogP contribution in [-0.4, -0.2) is 36.2 Å². The zero-order chi connectivity index (χ0) is 10.1. The van der Waals surface area contributed by atoms with Crippen molar-refractivity contribution in [2.75, 3.05) is 20.1 Å². The van der Waals surface area contributed by atoms with E-state index in [-0.39, 0.29) is 6.10 Å². The third kappa shape index (κ3) is 2.29. The summed E-state index contributed by atoms with van der Waals surface area (Å²) in [6, 6.07) is 0. The molecular formula is C12H23NO. The molecule has 82 valence electrons. The Kier molecular flexibility index (Phi) is 3.13.